The molecule has 22 heavy (non-hydrogen) atoms. The summed E-state index contributed by atoms with van der Waals surface area (Å²) in [5.74, 6) is -0.967. The molecular weight excluding hydrogens is 303 g/mol. The largest absolute Gasteiger partial charge is 0.461 e. The Morgan fingerprint density at radius 2 is 2.36 bits per heavy atom. The second kappa shape index (κ2) is 6.96. The first-order chi connectivity index (χ1) is 10.4. The highest BCUT2D eigenvalue weighted by molar-refractivity contribution is 8.13. The predicted molar refractivity (Wildman–Crippen MR) is 88.2 cm³/mol. The smallest absolute Gasteiger partial charge is 0.367 e. The Morgan fingerprint density at radius 1 is 1.59 bits per heavy atom. The van der Waals surface area contributed by atoms with Crippen LogP contribution in [0.1, 0.15) is 31.4 Å². The Kier molecular flexibility index (Phi) is 5.24. The predicted octanol–water partition coefficient (Wildman–Crippen LogP) is 3.23. The van der Waals surface area contributed by atoms with E-state index in [4.69, 9.17) is 5.73 Å². The van der Waals surface area contributed by atoms with Gasteiger partial charge in [0.1, 0.15) is 0 Å². The number of hydrogen-bond donors (Lipinski definition) is 1. The summed E-state index contributed by atoms with van der Waals surface area (Å²) in [6.07, 6.45) is 2.03. The lowest BCUT2D eigenvalue weighted by molar-refractivity contribution is -0.140. The topological polar surface area (TPSA) is 64.7 Å². The normalized spacial score (nSPS) is 22.1. The first kappa shape index (κ1) is 16.5. The van der Waals surface area contributed by atoms with Crippen molar-refractivity contribution in [3.63, 3.8) is 0 Å². The van der Waals surface area contributed by atoms with Crippen molar-refractivity contribution in [1.82, 2.24) is 0 Å². The molecule has 0 radical (unpaired) electrons. The zero-order valence-electron chi connectivity index (χ0n) is 12.6. The van der Waals surface area contributed by atoms with Crippen LogP contribution >= 0.6 is 11.8 Å². The van der Waals surface area contributed by atoms with E-state index in [1.54, 1.807) is 13.0 Å². The van der Waals surface area contributed by atoms with Crippen LogP contribution < -0.4 is 5.73 Å². The van der Waals surface area contributed by atoms with E-state index in [1.165, 1.54) is 17.8 Å². The molecule has 1 unspecified atom stereocenters. The number of halogens is 1. The van der Waals surface area contributed by atoms with E-state index in [0.29, 0.717) is 10.7 Å². The molecule has 1 aliphatic heterocycles. The number of carbonyl (C=O) groups is 1. The molecule has 0 bridgehead atoms. The summed E-state index contributed by atoms with van der Waals surface area (Å²) in [5.41, 5.74) is 6.94. The van der Waals surface area contributed by atoms with E-state index >= 15 is 0 Å². The summed E-state index contributed by atoms with van der Waals surface area (Å²) >= 11 is 1.53. The Morgan fingerprint density at radius 3 is 3.05 bits per heavy atom. The summed E-state index contributed by atoms with van der Waals surface area (Å²) < 4.78 is 18.4. The standard InChI is InChI=1S/C16H19FN2O2S/c1-3-21-14(20)13(17)10-11-5-4-6-12(9-11)16(2)7-8-22-15(18)19-16/h4-6,9-10H,3,7-8H2,1-2H3,(H2,18,19)/b13-10-. The Balaban J connectivity index is 2.29. The highest BCUT2D eigenvalue weighted by atomic mass is 32.2. The molecule has 6 heteroatoms. The molecular formula is C16H19FN2O2S. The first-order valence-corrected chi connectivity index (χ1v) is 8.06. The van der Waals surface area contributed by atoms with E-state index in [-0.39, 0.29) is 6.61 Å². The second-order valence-corrected chi connectivity index (χ2v) is 6.28. The van der Waals surface area contributed by atoms with Crippen LogP contribution in [0, 0.1) is 0 Å². The van der Waals surface area contributed by atoms with Gasteiger partial charge in [0.2, 0.25) is 5.83 Å². The minimum absolute atomic E-state index is 0.143. The van der Waals surface area contributed by atoms with Gasteiger partial charge >= 0.3 is 5.97 Å². The average Bonchev–Trinajstić information content (AvgIpc) is 2.47. The maximum atomic E-state index is 13.7. The van der Waals surface area contributed by atoms with Crippen molar-refractivity contribution < 1.29 is 13.9 Å². The highest BCUT2D eigenvalue weighted by Crippen LogP contribution is 2.35. The fraction of sp³-hybridized carbons (Fsp3) is 0.375. The molecule has 0 aliphatic carbocycles. The van der Waals surface area contributed by atoms with Crippen molar-refractivity contribution >= 4 is 29.0 Å². The van der Waals surface area contributed by atoms with Gasteiger partial charge in [-0.25, -0.2) is 4.79 Å². The van der Waals surface area contributed by atoms with Crippen LogP contribution in [0.3, 0.4) is 0 Å². The molecule has 4 nitrogen and oxygen atoms in total. The maximum Gasteiger partial charge on any atom is 0.367 e. The number of nitrogens with zero attached hydrogens (tertiary/aromatic N) is 1. The van der Waals surface area contributed by atoms with E-state index in [9.17, 15) is 9.18 Å². The minimum Gasteiger partial charge on any atom is -0.461 e. The van der Waals surface area contributed by atoms with Gasteiger partial charge in [0.15, 0.2) is 5.17 Å². The molecule has 1 aromatic rings. The van der Waals surface area contributed by atoms with E-state index in [0.717, 1.165) is 17.7 Å². The molecule has 0 spiro atoms. The number of ether oxygens (including phenoxy) is 1. The van der Waals surface area contributed by atoms with Gasteiger partial charge in [-0.15, -0.1) is 0 Å². The number of benzene rings is 1. The third-order valence-electron chi connectivity index (χ3n) is 3.47. The Labute approximate surface area is 133 Å². The molecule has 0 aromatic heterocycles. The fourth-order valence-corrected chi connectivity index (χ4v) is 3.24. The van der Waals surface area contributed by atoms with Gasteiger partial charge in [0.25, 0.3) is 0 Å². The molecule has 0 amide bonds. The quantitative estimate of drug-likeness (QED) is 0.683. The highest BCUT2D eigenvalue weighted by Gasteiger charge is 2.29. The maximum absolute atomic E-state index is 13.7. The summed E-state index contributed by atoms with van der Waals surface area (Å²) in [6, 6.07) is 7.31. The monoisotopic (exact) mass is 322 g/mol. The second-order valence-electron chi connectivity index (χ2n) is 5.16. The van der Waals surface area contributed by atoms with Gasteiger partial charge in [-0.3, -0.25) is 4.99 Å². The molecule has 1 heterocycles. The lowest BCUT2D eigenvalue weighted by atomic mass is 9.89. The van der Waals surface area contributed by atoms with Gasteiger partial charge in [0, 0.05) is 5.75 Å². The lowest BCUT2D eigenvalue weighted by Crippen LogP contribution is -2.28. The summed E-state index contributed by atoms with van der Waals surface area (Å²) in [4.78, 5) is 15.9. The minimum atomic E-state index is -0.949. The number of amidine groups is 1. The van der Waals surface area contributed by atoms with Gasteiger partial charge in [-0.2, -0.15) is 4.39 Å². The van der Waals surface area contributed by atoms with Crippen molar-refractivity contribution in [2.45, 2.75) is 25.8 Å². The molecule has 118 valence electrons. The lowest BCUT2D eigenvalue weighted by Gasteiger charge is -2.29. The molecule has 0 saturated heterocycles. The number of nitrogens with two attached hydrogens (primary N) is 1. The third kappa shape index (κ3) is 3.88. The summed E-state index contributed by atoms with van der Waals surface area (Å²) in [6.45, 7) is 3.78. The van der Waals surface area contributed by atoms with Crippen LogP contribution in [-0.4, -0.2) is 23.5 Å². The van der Waals surface area contributed by atoms with E-state index in [1.807, 2.05) is 25.1 Å². The average molecular weight is 322 g/mol. The van der Waals surface area contributed by atoms with Gasteiger partial charge in [-0.1, -0.05) is 30.0 Å². The third-order valence-corrected chi connectivity index (χ3v) is 4.26. The number of esters is 1. The zero-order chi connectivity index (χ0) is 16.2. The van der Waals surface area contributed by atoms with Crippen molar-refractivity contribution in [2.24, 2.45) is 10.7 Å². The first-order valence-electron chi connectivity index (χ1n) is 7.07. The van der Waals surface area contributed by atoms with Crippen LogP contribution in [0.5, 0.6) is 0 Å². The number of rotatable bonds is 4. The van der Waals surface area contributed by atoms with Gasteiger partial charge < -0.3 is 10.5 Å². The molecule has 2 rings (SSSR count). The van der Waals surface area contributed by atoms with Crippen LogP contribution in [0.2, 0.25) is 0 Å². The van der Waals surface area contributed by atoms with E-state index in [2.05, 4.69) is 9.73 Å². The zero-order valence-corrected chi connectivity index (χ0v) is 13.5. The molecule has 0 fully saturated rings. The summed E-state index contributed by atoms with van der Waals surface area (Å²) in [5, 5.41) is 0.562. The number of carbonyl (C=O) groups excluding carboxylic acids is 1. The van der Waals surface area contributed by atoms with Crippen molar-refractivity contribution in [3.05, 3.63) is 41.2 Å². The Bertz CT molecular complexity index is 630. The van der Waals surface area contributed by atoms with Crippen molar-refractivity contribution in [2.75, 3.05) is 12.4 Å². The van der Waals surface area contributed by atoms with Crippen molar-refractivity contribution in [3.8, 4) is 0 Å². The SMILES string of the molecule is CCOC(=O)/C(F)=C/c1cccc(C2(C)CCSC(N)=N2)c1. The molecule has 2 N–H and O–H groups in total. The molecule has 1 aliphatic rings. The molecule has 1 aromatic carbocycles. The van der Waals surface area contributed by atoms with Crippen LogP contribution in [0.25, 0.3) is 6.08 Å². The fourth-order valence-electron chi connectivity index (χ4n) is 2.26. The van der Waals surface area contributed by atoms with Crippen LogP contribution in [0.15, 0.2) is 35.1 Å². The van der Waals surface area contributed by atoms with Crippen molar-refractivity contribution in [1.29, 1.82) is 0 Å². The van der Waals surface area contributed by atoms with Gasteiger partial charge in [-0.05, 0) is 43.5 Å². The molecule has 0 saturated carbocycles. The number of hydrogen-bond acceptors (Lipinski definition) is 5. The van der Waals surface area contributed by atoms with Crippen LogP contribution in [-0.2, 0) is 15.1 Å². The van der Waals surface area contributed by atoms with Crippen LogP contribution in [0.4, 0.5) is 4.39 Å². The molecule has 1 atom stereocenters. The number of aliphatic imine (C=N–C) groups is 1. The van der Waals surface area contributed by atoms with Gasteiger partial charge in [0.05, 0.1) is 12.1 Å². The number of thioether (sulfide) groups is 1. The summed E-state index contributed by atoms with van der Waals surface area (Å²) in [7, 11) is 0. The Hall–Kier alpha value is -1.82. The van der Waals surface area contributed by atoms with E-state index < -0.39 is 17.3 Å².